The first-order valence-electron chi connectivity index (χ1n) is 16.9. The Labute approximate surface area is 299 Å². The van der Waals surface area contributed by atoms with E-state index in [4.69, 9.17) is 33.9 Å². The Balaban J connectivity index is 4.16. The quantitative estimate of drug-likeness (QED) is 0.0421. The highest BCUT2D eigenvalue weighted by Crippen LogP contribution is 2.20. The van der Waals surface area contributed by atoms with Gasteiger partial charge in [-0.1, -0.05) is 21.6 Å². The van der Waals surface area contributed by atoms with Crippen molar-refractivity contribution in [3.63, 3.8) is 0 Å². The number of rotatable bonds is 35. The van der Waals surface area contributed by atoms with E-state index in [0.717, 1.165) is 50.8 Å². The molecule has 0 saturated carbocycles. The summed E-state index contributed by atoms with van der Waals surface area (Å²) in [7, 11) is 4.62. The topological polar surface area (TPSA) is 161 Å². The van der Waals surface area contributed by atoms with Gasteiger partial charge in [-0.25, -0.2) is 0 Å². The number of thioether (sulfide) groups is 1. The lowest BCUT2D eigenvalue weighted by atomic mass is 10.2. The molecule has 0 heterocycles. The van der Waals surface area contributed by atoms with Gasteiger partial charge in [0.2, 0.25) is 0 Å². The van der Waals surface area contributed by atoms with Crippen molar-refractivity contribution in [2.24, 2.45) is 0 Å². The summed E-state index contributed by atoms with van der Waals surface area (Å²) in [6, 6.07) is 0. The van der Waals surface area contributed by atoms with Gasteiger partial charge >= 0.3 is 23.9 Å². The van der Waals surface area contributed by atoms with Crippen molar-refractivity contribution >= 4 is 57.2 Å². The molecular formula is C32H60N2O11S3. The van der Waals surface area contributed by atoms with Crippen LogP contribution in [0, 0.1) is 0 Å². The van der Waals surface area contributed by atoms with Crippen molar-refractivity contribution < 1.29 is 53.1 Å². The van der Waals surface area contributed by atoms with Gasteiger partial charge in [-0.05, 0) is 57.9 Å². The normalized spacial score (nSPS) is 11.2. The molecule has 2 N–H and O–H groups in total. The van der Waals surface area contributed by atoms with Crippen molar-refractivity contribution in [1.29, 1.82) is 0 Å². The van der Waals surface area contributed by atoms with E-state index in [0.29, 0.717) is 57.4 Å². The van der Waals surface area contributed by atoms with Gasteiger partial charge in [0.25, 0.3) is 0 Å². The Kier molecular flexibility index (Phi) is 34.6. The van der Waals surface area contributed by atoms with Crippen molar-refractivity contribution in [1.82, 2.24) is 9.80 Å². The molecule has 48 heavy (non-hydrogen) atoms. The highest BCUT2D eigenvalue weighted by atomic mass is 33.1. The molecule has 0 aliphatic carbocycles. The molecule has 0 aliphatic heterocycles. The fourth-order valence-corrected chi connectivity index (χ4v) is 6.08. The van der Waals surface area contributed by atoms with Gasteiger partial charge in [0, 0.05) is 63.8 Å². The number of unbranched alkanes of at least 4 members (excludes halogenated alkanes) is 4. The van der Waals surface area contributed by atoms with Crippen LogP contribution in [0.5, 0.6) is 0 Å². The number of hydrogen-bond acceptors (Lipinski definition) is 16. The van der Waals surface area contributed by atoms with Gasteiger partial charge in [0.05, 0.1) is 32.3 Å². The third-order valence-corrected chi connectivity index (χ3v) is 9.75. The largest absolute Gasteiger partial charge is 0.465 e. The van der Waals surface area contributed by atoms with Gasteiger partial charge < -0.3 is 43.7 Å². The first-order valence-corrected chi connectivity index (χ1v) is 20.8. The molecule has 16 heteroatoms. The average Bonchev–Trinajstić information content (AvgIpc) is 3.08. The lowest BCUT2D eigenvalue weighted by Gasteiger charge is -2.21. The summed E-state index contributed by atoms with van der Waals surface area (Å²) in [6.07, 6.45) is 7.83. The Bertz CT molecular complexity index is 751. The van der Waals surface area contributed by atoms with Gasteiger partial charge in [-0.15, -0.1) is 0 Å². The molecule has 0 aromatic heterocycles. The molecule has 0 amide bonds. The van der Waals surface area contributed by atoms with E-state index < -0.39 is 0 Å². The van der Waals surface area contributed by atoms with Crippen LogP contribution >= 0.6 is 33.3 Å². The molecule has 0 atom stereocenters. The zero-order chi connectivity index (χ0) is 35.5. The van der Waals surface area contributed by atoms with Crippen LogP contribution in [-0.4, -0.2) is 160 Å². The van der Waals surface area contributed by atoms with E-state index in [2.05, 4.69) is 4.90 Å². The maximum absolute atomic E-state index is 12.3. The van der Waals surface area contributed by atoms with Crippen LogP contribution < -0.4 is 0 Å². The number of aliphatic hydroxyl groups is 2. The Morgan fingerprint density at radius 2 is 0.875 bits per heavy atom. The third kappa shape index (κ3) is 32.0. The van der Waals surface area contributed by atoms with Crippen molar-refractivity contribution in [2.75, 3.05) is 116 Å². The molecule has 0 aromatic rings. The molecule has 0 unspecified atom stereocenters. The highest BCUT2D eigenvalue weighted by Gasteiger charge is 2.14. The van der Waals surface area contributed by atoms with Crippen LogP contribution in [0.4, 0.5) is 0 Å². The van der Waals surface area contributed by atoms with Crippen LogP contribution in [0.1, 0.15) is 64.2 Å². The fourth-order valence-electron chi connectivity index (χ4n) is 4.18. The number of methoxy groups -OCH3 is 1. The summed E-state index contributed by atoms with van der Waals surface area (Å²) in [6.45, 7) is 5.23. The first kappa shape index (κ1) is 46.7. The second-order valence-electron chi connectivity index (χ2n) is 10.8. The number of carbonyl (C=O) groups excluding carboxylic acids is 4. The van der Waals surface area contributed by atoms with Gasteiger partial charge in [0.15, 0.2) is 0 Å². The number of aliphatic hydroxyl groups excluding tert-OH is 2. The summed E-state index contributed by atoms with van der Waals surface area (Å²) in [5, 5.41) is 18.0. The van der Waals surface area contributed by atoms with Crippen molar-refractivity contribution in [3.05, 3.63) is 0 Å². The van der Waals surface area contributed by atoms with E-state index in [-0.39, 0.29) is 82.6 Å². The SMILES string of the molecule is COCCOC(=O)CCN(CCCCCO)CCC(=O)OCCSSCCOC(=O)CCN(CCCCCO)CCC(=O)OCCSC. The van der Waals surface area contributed by atoms with Crippen LogP contribution in [0.15, 0.2) is 0 Å². The maximum atomic E-state index is 12.3. The molecule has 0 rings (SSSR count). The molecule has 0 fully saturated rings. The summed E-state index contributed by atoms with van der Waals surface area (Å²) in [4.78, 5) is 52.6. The van der Waals surface area contributed by atoms with E-state index in [1.807, 2.05) is 11.2 Å². The lowest BCUT2D eigenvalue weighted by molar-refractivity contribution is -0.146. The monoisotopic (exact) mass is 744 g/mol. The molecule has 13 nitrogen and oxygen atoms in total. The predicted octanol–water partition coefficient (Wildman–Crippen LogP) is 3.04. The minimum Gasteiger partial charge on any atom is -0.465 e. The molecule has 282 valence electrons. The summed E-state index contributed by atoms with van der Waals surface area (Å²) in [5.74, 6) is 0.841. The predicted molar refractivity (Wildman–Crippen MR) is 192 cm³/mol. The van der Waals surface area contributed by atoms with Crippen LogP contribution in [0.2, 0.25) is 0 Å². The van der Waals surface area contributed by atoms with Crippen LogP contribution in [0.25, 0.3) is 0 Å². The third-order valence-electron chi connectivity index (χ3n) is 6.84. The van der Waals surface area contributed by atoms with Crippen LogP contribution in [0.3, 0.4) is 0 Å². The maximum Gasteiger partial charge on any atom is 0.307 e. The van der Waals surface area contributed by atoms with Crippen molar-refractivity contribution in [3.8, 4) is 0 Å². The van der Waals surface area contributed by atoms with E-state index in [1.165, 1.54) is 10.8 Å². The second-order valence-corrected chi connectivity index (χ2v) is 14.5. The zero-order valence-corrected chi connectivity index (χ0v) is 31.5. The highest BCUT2D eigenvalue weighted by molar-refractivity contribution is 8.76. The number of esters is 4. The molecule has 0 aliphatic rings. The molecule has 0 bridgehead atoms. The van der Waals surface area contributed by atoms with E-state index >= 15 is 0 Å². The lowest BCUT2D eigenvalue weighted by Crippen LogP contribution is -2.31. The fraction of sp³-hybridized carbons (Fsp3) is 0.875. The molecule has 0 radical (unpaired) electrons. The average molecular weight is 745 g/mol. The minimum atomic E-state index is -0.305. The molecule has 0 saturated heterocycles. The standard InChI is InChI=1S/C32H60N2O11S3/c1-41-21-22-42-29(37)9-15-33(13-5-3-7-19-35)17-11-31(39)44-24-27-47-48-28-25-45-32(40)12-18-34(14-6-4-8-20-36)16-10-30(38)43-23-26-46-2/h35-36H,3-28H2,1-2H3. The smallest absolute Gasteiger partial charge is 0.307 e. The van der Waals surface area contributed by atoms with E-state index in [1.54, 1.807) is 29.7 Å². The Morgan fingerprint density at radius 3 is 1.23 bits per heavy atom. The van der Waals surface area contributed by atoms with Gasteiger partial charge in [-0.3, -0.25) is 19.2 Å². The number of carbonyl (C=O) groups is 4. The Morgan fingerprint density at radius 1 is 0.500 bits per heavy atom. The molecular weight excluding hydrogens is 685 g/mol. The number of hydrogen-bond donors (Lipinski definition) is 2. The first-order chi connectivity index (χ1) is 23.4. The number of ether oxygens (including phenoxy) is 5. The van der Waals surface area contributed by atoms with Gasteiger partial charge in [-0.2, -0.15) is 11.8 Å². The van der Waals surface area contributed by atoms with Gasteiger partial charge in [0.1, 0.15) is 26.4 Å². The minimum absolute atomic E-state index is 0.146. The molecule has 0 spiro atoms. The molecule has 0 aromatic carbocycles. The zero-order valence-electron chi connectivity index (χ0n) is 29.1. The van der Waals surface area contributed by atoms with Crippen LogP contribution in [-0.2, 0) is 42.9 Å². The second kappa shape index (κ2) is 35.6. The number of nitrogens with zero attached hydrogens (tertiary/aromatic N) is 2. The summed E-state index contributed by atoms with van der Waals surface area (Å²) < 4.78 is 25.9. The summed E-state index contributed by atoms with van der Waals surface area (Å²) >= 11 is 1.62. The van der Waals surface area contributed by atoms with E-state index in [9.17, 15) is 19.2 Å². The van der Waals surface area contributed by atoms with Crippen molar-refractivity contribution in [2.45, 2.75) is 64.2 Å². The Hall–Kier alpha value is -1.27. The summed E-state index contributed by atoms with van der Waals surface area (Å²) in [5.41, 5.74) is 0.